The molecule has 2 aliphatic heterocycles. The van der Waals surface area contributed by atoms with Gasteiger partial charge in [-0.2, -0.15) is 0 Å². The molecule has 0 bridgehead atoms. The van der Waals surface area contributed by atoms with Crippen molar-refractivity contribution in [2.75, 3.05) is 26.2 Å². The quantitative estimate of drug-likeness (QED) is 0.272. The number of hydrogen-bond donors (Lipinski definition) is 2. The molecule has 0 unspecified atom stereocenters. The van der Waals surface area contributed by atoms with E-state index < -0.39 is 0 Å². The molecule has 8 nitrogen and oxygen atoms in total. The Morgan fingerprint density at radius 2 is 1.45 bits per heavy atom. The first-order valence-electron chi connectivity index (χ1n) is 14.1. The van der Waals surface area contributed by atoms with Gasteiger partial charge in [0.2, 0.25) is 0 Å². The lowest BCUT2D eigenvalue weighted by atomic mass is 9.71. The van der Waals surface area contributed by atoms with Crippen molar-refractivity contribution in [2.24, 2.45) is 5.41 Å². The Morgan fingerprint density at radius 3 is 1.95 bits per heavy atom. The lowest BCUT2D eigenvalue weighted by molar-refractivity contribution is 0.0303. The third-order valence-electron chi connectivity index (χ3n) is 8.58. The average molecular weight is 578 g/mol. The van der Waals surface area contributed by atoms with Crippen molar-refractivity contribution >= 4 is 28.8 Å². The molecule has 4 aromatic rings. The van der Waals surface area contributed by atoms with Crippen molar-refractivity contribution in [1.82, 2.24) is 34.6 Å². The van der Waals surface area contributed by atoms with Crippen LogP contribution in [-0.2, 0) is 26.2 Å². The number of amides is 1. The number of carbonyl (C=O) groups excluding carboxylic acids is 1. The number of hydrogen-bond acceptors (Lipinski definition) is 6. The van der Waals surface area contributed by atoms with Crippen LogP contribution in [0.25, 0.3) is 0 Å². The summed E-state index contributed by atoms with van der Waals surface area (Å²) in [6.45, 7) is 7.31. The highest BCUT2D eigenvalue weighted by Gasteiger charge is 2.37. The maximum Gasteiger partial charge on any atom is 0.254 e. The summed E-state index contributed by atoms with van der Waals surface area (Å²) in [5, 5.41) is 3.00. The van der Waals surface area contributed by atoms with E-state index in [9.17, 15) is 4.79 Å². The Bertz CT molecular complexity index is 1320. The number of aromatic amines is 2. The third-order valence-corrected chi connectivity index (χ3v) is 9.95. The summed E-state index contributed by atoms with van der Waals surface area (Å²) in [6, 6.07) is 10.1. The lowest BCUT2D eigenvalue weighted by Crippen LogP contribution is -2.46. The first kappa shape index (κ1) is 27.2. The van der Waals surface area contributed by atoms with Gasteiger partial charge >= 0.3 is 0 Å². The number of aromatic nitrogens is 4. The number of H-pyrrole nitrogens is 2. The first-order chi connectivity index (χ1) is 19.6. The minimum atomic E-state index is -0.0352. The molecule has 2 saturated heterocycles. The van der Waals surface area contributed by atoms with Crippen LogP contribution in [0, 0.1) is 5.41 Å². The van der Waals surface area contributed by atoms with E-state index in [-0.39, 0.29) is 5.91 Å². The van der Waals surface area contributed by atoms with E-state index in [0.29, 0.717) is 24.1 Å². The van der Waals surface area contributed by atoms with E-state index in [0.717, 1.165) is 42.9 Å². The average Bonchev–Trinajstić information content (AvgIpc) is 3.76. The molecule has 1 spiro atoms. The zero-order valence-electron chi connectivity index (χ0n) is 22.7. The summed E-state index contributed by atoms with van der Waals surface area (Å²) >= 11 is 8.09. The second-order valence-electron chi connectivity index (χ2n) is 11.2. The molecular formula is C30H36ClN7OS. The molecule has 2 N–H and O–H groups in total. The third kappa shape index (κ3) is 6.49. The zero-order chi connectivity index (χ0) is 27.4. The fourth-order valence-electron chi connectivity index (χ4n) is 6.04. The van der Waals surface area contributed by atoms with Gasteiger partial charge in [0.25, 0.3) is 5.91 Å². The first-order valence-corrected chi connectivity index (χ1v) is 15.3. The van der Waals surface area contributed by atoms with Crippen LogP contribution in [0.15, 0.2) is 60.5 Å². The van der Waals surface area contributed by atoms with E-state index >= 15 is 0 Å². The van der Waals surface area contributed by atoms with Crippen LogP contribution in [0.3, 0.4) is 0 Å². The summed E-state index contributed by atoms with van der Waals surface area (Å²) < 4.78 is 0. The molecule has 2 fully saturated rings. The van der Waals surface area contributed by atoms with Crippen molar-refractivity contribution < 1.29 is 4.79 Å². The normalized spacial score (nSPS) is 17.8. The lowest BCUT2D eigenvalue weighted by Gasteiger charge is -2.47. The minimum absolute atomic E-state index is 0.0352. The van der Waals surface area contributed by atoms with E-state index in [4.69, 9.17) is 11.6 Å². The Labute approximate surface area is 244 Å². The van der Waals surface area contributed by atoms with Gasteiger partial charge in [-0.15, -0.1) is 11.3 Å². The summed E-state index contributed by atoms with van der Waals surface area (Å²) in [5.41, 5.74) is 2.42. The number of thiophene rings is 1. The Morgan fingerprint density at radius 1 is 0.875 bits per heavy atom. The zero-order valence-corrected chi connectivity index (χ0v) is 24.3. The summed E-state index contributed by atoms with van der Waals surface area (Å²) in [5.74, 6) is 1.46. The summed E-state index contributed by atoms with van der Waals surface area (Å²) in [7, 11) is 0. The molecule has 6 rings (SSSR count). The van der Waals surface area contributed by atoms with Gasteiger partial charge in [-0.25, -0.2) is 9.97 Å². The van der Waals surface area contributed by atoms with E-state index in [1.165, 1.54) is 49.2 Å². The number of benzene rings is 1. The highest BCUT2D eigenvalue weighted by atomic mass is 35.5. The van der Waals surface area contributed by atoms with Crippen LogP contribution >= 0.6 is 22.9 Å². The van der Waals surface area contributed by atoms with Crippen molar-refractivity contribution in [3.8, 4) is 0 Å². The van der Waals surface area contributed by atoms with Crippen molar-refractivity contribution in [3.05, 3.63) is 93.2 Å². The van der Waals surface area contributed by atoms with Gasteiger partial charge in [0, 0.05) is 48.3 Å². The molecule has 0 aliphatic carbocycles. The number of nitrogens with zero attached hydrogens (tertiary/aromatic N) is 5. The number of carbonyl (C=O) groups is 1. The molecular weight excluding hydrogens is 542 g/mol. The van der Waals surface area contributed by atoms with Gasteiger partial charge in [0.1, 0.15) is 11.6 Å². The monoisotopic (exact) mass is 577 g/mol. The van der Waals surface area contributed by atoms with Gasteiger partial charge in [0.15, 0.2) is 0 Å². The highest BCUT2D eigenvalue weighted by Crippen LogP contribution is 2.42. The van der Waals surface area contributed by atoms with Crippen molar-refractivity contribution in [2.45, 2.75) is 51.9 Å². The van der Waals surface area contributed by atoms with E-state index in [2.05, 4.69) is 47.2 Å². The Balaban J connectivity index is 1.00. The standard InChI is InChI=1S/C30H36ClN7OS/c31-25-5-18-40-26(25)20-37-16-8-30(9-17-37)6-14-36(15-7-30)19-23-1-3-24(4-2-23)29(39)38(21-27-32-10-11-33-27)22-28-34-12-13-35-28/h1-5,10-13,18H,6-9,14-17,19-22H2,(H,32,33)(H,34,35). The maximum atomic E-state index is 13.4. The van der Waals surface area contributed by atoms with Crippen LogP contribution in [0.2, 0.25) is 5.02 Å². The SMILES string of the molecule is O=C(c1ccc(CN2CCC3(CC2)CCN(Cc2sccc2Cl)CC3)cc1)N(Cc1ncc[nH]1)Cc1ncc[nH]1. The number of halogens is 1. The van der Waals surface area contributed by atoms with E-state index in [1.807, 2.05) is 18.2 Å². The Kier molecular flexibility index (Phi) is 8.34. The predicted octanol–water partition coefficient (Wildman–Crippen LogP) is 5.57. The number of piperidine rings is 2. The van der Waals surface area contributed by atoms with Crippen LogP contribution in [-0.4, -0.2) is 66.7 Å². The van der Waals surface area contributed by atoms with Crippen molar-refractivity contribution in [1.29, 1.82) is 0 Å². The smallest absolute Gasteiger partial charge is 0.254 e. The largest absolute Gasteiger partial charge is 0.347 e. The van der Waals surface area contributed by atoms with Crippen LogP contribution in [0.1, 0.15) is 58.1 Å². The second kappa shape index (κ2) is 12.3. The minimum Gasteiger partial charge on any atom is -0.347 e. The summed E-state index contributed by atoms with van der Waals surface area (Å²) in [6.07, 6.45) is 12.1. The van der Waals surface area contributed by atoms with Crippen LogP contribution in [0.5, 0.6) is 0 Å². The fraction of sp³-hybridized carbons (Fsp3) is 0.433. The van der Waals surface area contributed by atoms with Crippen LogP contribution < -0.4 is 0 Å². The predicted molar refractivity (Wildman–Crippen MR) is 158 cm³/mol. The molecule has 210 valence electrons. The molecule has 0 radical (unpaired) electrons. The fourth-order valence-corrected chi connectivity index (χ4v) is 7.17. The molecule has 5 heterocycles. The number of rotatable bonds is 9. The molecule has 10 heteroatoms. The number of likely N-dealkylation sites (tertiary alicyclic amines) is 2. The Hall–Kier alpha value is -2.98. The molecule has 2 aliphatic rings. The molecule has 3 aromatic heterocycles. The summed E-state index contributed by atoms with van der Waals surface area (Å²) in [4.78, 5) is 36.4. The number of nitrogens with one attached hydrogen (secondary N) is 2. The van der Waals surface area contributed by atoms with Crippen molar-refractivity contribution in [3.63, 3.8) is 0 Å². The molecule has 1 amide bonds. The highest BCUT2D eigenvalue weighted by molar-refractivity contribution is 7.10. The number of imidazole rings is 2. The topological polar surface area (TPSA) is 84.2 Å². The van der Waals surface area contributed by atoms with Gasteiger partial charge in [-0.3, -0.25) is 14.6 Å². The molecule has 40 heavy (non-hydrogen) atoms. The van der Waals surface area contributed by atoms with Crippen LogP contribution in [0.4, 0.5) is 0 Å². The van der Waals surface area contributed by atoms with E-state index in [1.54, 1.807) is 41.0 Å². The maximum absolute atomic E-state index is 13.4. The molecule has 0 atom stereocenters. The molecule has 1 aromatic carbocycles. The van der Waals surface area contributed by atoms with Gasteiger partial charge in [-0.1, -0.05) is 23.7 Å². The second-order valence-corrected chi connectivity index (χ2v) is 12.6. The van der Waals surface area contributed by atoms with Gasteiger partial charge in [0.05, 0.1) is 18.1 Å². The molecule has 0 saturated carbocycles. The van der Waals surface area contributed by atoms with Gasteiger partial charge < -0.3 is 14.9 Å². The van der Waals surface area contributed by atoms with Gasteiger partial charge in [-0.05, 0) is 86.4 Å².